The van der Waals surface area contributed by atoms with Crippen molar-refractivity contribution in [3.8, 4) is 0 Å². The van der Waals surface area contributed by atoms with Gasteiger partial charge in [0.1, 0.15) is 0 Å². The van der Waals surface area contributed by atoms with Crippen LogP contribution in [0.4, 0.5) is 9.59 Å². The largest absolute Gasteiger partial charge is 0.481 e. The highest BCUT2D eigenvalue weighted by atomic mass is 16.4. The van der Waals surface area contributed by atoms with E-state index < -0.39 is 5.97 Å². The first kappa shape index (κ1) is 14.0. The van der Waals surface area contributed by atoms with E-state index in [2.05, 4.69) is 10.6 Å². The fraction of sp³-hybridized carbons (Fsp3) is 0.769. The number of nitrogens with zero attached hydrogens (tertiary/aromatic N) is 2. The van der Waals surface area contributed by atoms with Gasteiger partial charge >= 0.3 is 18.0 Å². The highest BCUT2D eigenvalue weighted by molar-refractivity contribution is 5.79. The normalized spacial score (nSPS) is 31.8. The van der Waals surface area contributed by atoms with Crippen molar-refractivity contribution in [3.63, 3.8) is 0 Å². The maximum absolute atomic E-state index is 12.2. The number of urea groups is 2. The second kappa shape index (κ2) is 5.42. The molecule has 8 heteroatoms. The third-order valence-corrected chi connectivity index (χ3v) is 4.63. The number of piperazine rings is 1. The number of rotatable bonds is 2. The van der Waals surface area contributed by atoms with Gasteiger partial charge in [-0.15, -0.1) is 0 Å². The summed E-state index contributed by atoms with van der Waals surface area (Å²) in [6.45, 7) is 2.17. The molecule has 3 aliphatic rings. The van der Waals surface area contributed by atoms with E-state index in [1.54, 1.807) is 9.80 Å². The van der Waals surface area contributed by atoms with E-state index in [1.807, 2.05) is 0 Å². The van der Waals surface area contributed by atoms with Crippen LogP contribution in [0, 0.1) is 5.92 Å². The van der Waals surface area contributed by atoms with E-state index >= 15 is 0 Å². The first-order valence-corrected chi connectivity index (χ1v) is 7.37. The lowest BCUT2D eigenvalue weighted by atomic mass is 10.1. The zero-order valence-electron chi connectivity index (χ0n) is 11.7. The quantitative estimate of drug-likeness (QED) is 0.648. The molecule has 2 saturated heterocycles. The number of carboxylic acid groups (broad SMARTS) is 1. The van der Waals surface area contributed by atoms with Crippen LogP contribution in [0.3, 0.4) is 0 Å². The molecule has 2 aliphatic heterocycles. The van der Waals surface area contributed by atoms with Gasteiger partial charge in [-0.05, 0) is 19.3 Å². The summed E-state index contributed by atoms with van der Waals surface area (Å²) in [5.74, 6) is -1.13. The molecule has 0 aromatic rings. The number of carbonyl (C=O) groups excluding carboxylic acids is 2. The van der Waals surface area contributed by atoms with Crippen LogP contribution in [0.25, 0.3) is 0 Å². The fourth-order valence-electron chi connectivity index (χ4n) is 3.39. The highest BCUT2D eigenvalue weighted by Gasteiger charge is 2.38. The Kier molecular flexibility index (Phi) is 3.60. The molecule has 1 saturated carbocycles. The van der Waals surface area contributed by atoms with Crippen LogP contribution in [0.2, 0.25) is 0 Å². The summed E-state index contributed by atoms with van der Waals surface area (Å²) in [7, 11) is 0. The minimum absolute atomic E-state index is 0.0485. The van der Waals surface area contributed by atoms with Gasteiger partial charge in [0.15, 0.2) is 0 Å². The number of aliphatic carboxylic acids is 1. The second-order valence-electron chi connectivity index (χ2n) is 5.97. The Morgan fingerprint density at radius 3 is 2.81 bits per heavy atom. The highest BCUT2D eigenvalue weighted by Crippen LogP contribution is 2.26. The van der Waals surface area contributed by atoms with Crippen LogP contribution < -0.4 is 10.6 Å². The topological polar surface area (TPSA) is 102 Å². The number of hydrogen-bond donors (Lipinski definition) is 3. The first-order valence-electron chi connectivity index (χ1n) is 7.37. The van der Waals surface area contributed by atoms with E-state index in [0.29, 0.717) is 45.4 Å². The molecule has 2 heterocycles. The van der Waals surface area contributed by atoms with Gasteiger partial charge in [0.05, 0.1) is 12.0 Å². The predicted octanol–water partition coefficient (Wildman–Crippen LogP) is -0.341. The minimum Gasteiger partial charge on any atom is -0.481 e. The van der Waals surface area contributed by atoms with Crippen LogP contribution in [-0.2, 0) is 4.79 Å². The molecule has 21 heavy (non-hydrogen) atoms. The van der Waals surface area contributed by atoms with Crippen LogP contribution in [0.15, 0.2) is 0 Å². The monoisotopic (exact) mass is 296 g/mol. The van der Waals surface area contributed by atoms with Crippen molar-refractivity contribution >= 4 is 18.0 Å². The molecule has 3 unspecified atom stereocenters. The lowest BCUT2D eigenvalue weighted by Crippen LogP contribution is -2.56. The van der Waals surface area contributed by atoms with Gasteiger partial charge in [-0.1, -0.05) is 0 Å². The standard InChI is InChI=1S/C13H20N4O4/c18-11(19)8-1-2-9(5-8)15-13(21)16-3-4-17-10(7-16)6-14-12(17)20/h8-10H,1-7H2,(H,14,20)(H,15,21)(H,18,19). The summed E-state index contributed by atoms with van der Waals surface area (Å²) in [4.78, 5) is 38.2. The lowest BCUT2D eigenvalue weighted by molar-refractivity contribution is -0.141. The van der Waals surface area contributed by atoms with Gasteiger partial charge in [0.25, 0.3) is 0 Å². The number of carbonyl (C=O) groups is 3. The summed E-state index contributed by atoms with van der Waals surface area (Å²) in [6, 6.07) is -0.211. The number of hydrogen-bond acceptors (Lipinski definition) is 3. The Morgan fingerprint density at radius 2 is 2.10 bits per heavy atom. The predicted molar refractivity (Wildman–Crippen MR) is 72.8 cm³/mol. The van der Waals surface area contributed by atoms with Gasteiger partial charge in [-0.3, -0.25) is 4.79 Å². The van der Waals surface area contributed by atoms with Gasteiger partial charge in [0, 0.05) is 32.2 Å². The van der Waals surface area contributed by atoms with Crippen molar-refractivity contribution in [2.45, 2.75) is 31.3 Å². The Morgan fingerprint density at radius 1 is 1.29 bits per heavy atom. The summed E-state index contributed by atoms with van der Waals surface area (Å²) in [5.41, 5.74) is 0. The Hall–Kier alpha value is -1.99. The van der Waals surface area contributed by atoms with Crippen molar-refractivity contribution in [1.82, 2.24) is 20.4 Å². The van der Waals surface area contributed by atoms with Crippen LogP contribution >= 0.6 is 0 Å². The van der Waals surface area contributed by atoms with E-state index in [-0.39, 0.29) is 30.1 Å². The second-order valence-corrected chi connectivity index (χ2v) is 5.97. The van der Waals surface area contributed by atoms with E-state index in [0.717, 1.165) is 0 Å². The van der Waals surface area contributed by atoms with Crippen molar-refractivity contribution < 1.29 is 19.5 Å². The zero-order valence-corrected chi connectivity index (χ0v) is 11.7. The Balaban J connectivity index is 1.50. The zero-order chi connectivity index (χ0) is 15.0. The lowest BCUT2D eigenvalue weighted by Gasteiger charge is -2.36. The minimum atomic E-state index is -0.782. The van der Waals surface area contributed by atoms with Gasteiger partial charge in [-0.25, -0.2) is 9.59 Å². The third-order valence-electron chi connectivity index (χ3n) is 4.63. The molecule has 4 amide bonds. The number of nitrogens with one attached hydrogen (secondary N) is 2. The molecule has 0 aromatic carbocycles. The summed E-state index contributed by atoms with van der Waals surface area (Å²) in [6.07, 6.45) is 1.84. The molecule has 3 N–H and O–H groups in total. The smallest absolute Gasteiger partial charge is 0.317 e. The molecular weight excluding hydrogens is 276 g/mol. The van der Waals surface area contributed by atoms with E-state index in [9.17, 15) is 14.4 Å². The number of amides is 4. The van der Waals surface area contributed by atoms with E-state index in [4.69, 9.17) is 5.11 Å². The maximum Gasteiger partial charge on any atom is 0.317 e. The summed E-state index contributed by atoms with van der Waals surface area (Å²) < 4.78 is 0. The van der Waals surface area contributed by atoms with Gasteiger partial charge in [0.2, 0.25) is 0 Å². The molecule has 0 bridgehead atoms. The van der Waals surface area contributed by atoms with Crippen LogP contribution in [-0.4, -0.2) is 71.2 Å². The molecule has 3 atom stereocenters. The summed E-state index contributed by atoms with van der Waals surface area (Å²) in [5, 5.41) is 14.7. The molecule has 1 aliphatic carbocycles. The molecule has 3 fully saturated rings. The first-order chi connectivity index (χ1) is 10.0. The summed E-state index contributed by atoms with van der Waals surface area (Å²) >= 11 is 0. The molecule has 8 nitrogen and oxygen atoms in total. The maximum atomic E-state index is 12.2. The van der Waals surface area contributed by atoms with Crippen molar-refractivity contribution in [2.24, 2.45) is 5.92 Å². The molecular formula is C13H20N4O4. The molecule has 0 radical (unpaired) electrons. The van der Waals surface area contributed by atoms with Crippen molar-refractivity contribution in [2.75, 3.05) is 26.2 Å². The average Bonchev–Trinajstić information content (AvgIpc) is 3.06. The van der Waals surface area contributed by atoms with Crippen LogP contribution in [0.1, 0.15) is 19.3 Å². The SMILES string of the molecule is O=C(O)C1CCC(NC(=O)N2CCN3C(=O)NCC3C2)C1. The Bertz CT molecular complexity index is 469. The molecule has 0 spiro atoms. The molecule has 116 valence electrons. The number of carboxylic acids is 1. The Labute approximate surface area is 122 Å². The van der Waals surface area contributed by atoms with Crippen molar-refractivity contribution in [3.05, 3.63) is 0 Å². The van der Waals surface area contributed by atoms with Gasteiger partial charge in [-0.2, -0.15) is 0 Å². The van der Waals surface area contributed by atoms with Gasteiger partial charge < -0.3 is 25.5 Å². The van der Waals surface area contributed by atoms with E-state index in [1.165, 1.54) is 0 Å². The van der Waals surface area contributed by atoms with Crippen LogP contribution in [0.5, 0.6) is 0 Å². The average molecular weight is 296 g/mol. The fourth-order valence-corrected chi connectivity index (χ4v) is 3.39. The molecule has 0 aromatic heterocycles. The third kappa shape index (κ3) is 2.74. The van der Waals surface area contributed by atoms with Crippen molar-refractivity contribution in [1.29, 1.82) is 0 Å². The molecule has 3 rings (SSSR count). The number of fused-ring (bicyclic) bond motifs is 1.